The lowest BCUT2D eigenvalue weighted by Gasteiger charge is -2.60. The fourth-order valence-corrected chi connectivity index (χ4v) is 13.2. The van der Waals surface area contributed by atoms with Gasteiger partial charge in [-0.2, -0.15) is 5.10 Å². The number of nitrogens with zero attached hydrogens (tertiary/aromatic N) is 7. The van der Waals surface area contributed by atoms with Gasteiger partial charge in [0.25, 0.3) is 0 Å². The first kappa shape index (κ1) is 50.9. The minimum Gasteiger partial charge on any atom is -0.507 e. The van der Waals surface area contributed by atoms with Gasteiger partial charge in [-0.25, -0.2) is 9.97 Å². The van der Waals surface area contributed by atoms with Crippen molar-refractivity contribution in [2.45, 2.75) is 141 Å². The predicted octanol–water partition coefficient (Wildman–Crippen LogP) is 4.48. The van der Waals surface area contributed by atoms with Gasteiger partial charge in [-0.15, -0.1) is 0 Å². The number of β-amino-alcohol motifs (C(OH)–C–C–N with tert-alkyl or cyclic N) is 1. The number of hydrogen-bond acceptors (Lipinski definition) is 14. The Bertz CT molecular complexity index is 2740. The van der Waals surface area contributed by atoms with Crippen LogP contribution in [0.5, 0.6) is 5.75 Å². The van der Waals surface area contributed by atoms with Gasteiger partial charge in [-0.3, -0.25) is 19.5 Å². The van der Waals surface area contributed by atoms with E-state index in [1.54, 1.807) is 24.3 Å². The molecule has 394 valence electrons. The van der Waals surface area contributed by atoms with E-state index in [0.29, 0.717) is 42.0 Å². The van der Waals surface area contributed by atoms with Gasteiger partial charge in [0.05, 0.1) is 17.5 Å². The highest BCUT2D eigenvalue weighted by Crippen LogP contribution is 2.60. The van der Waals surface area contributed by atoms with E-state index in [9.17, 15) is 24.6 Å². The molecule has 6 heterocycles. The maximum atomic E-state index is 14.3. The van der Waals surface area contributed by atoms with Crippen molar-refractivity contribution < 1.29 is 24.6 Å². The van der Waals surface area contributed by atoms with Crippen LogP contribution in [-0.4, -0.2) is 132 Å². The standard InChI is InChI=1S/C56H75N13O5/c1-32-48(33(2)65-64-32)36-12-10-34(11-13-36)26-60-52(73)46-20-42(70)31-68(46)53(74)49(55(3,4)5)63-51(72)37-22-56(23-37)24-41(25-56)66-18-16-35(17-19-66)38-27-61-54(62-28-38)69-39-14-15-40(69)30-67(29-39)45(50(58)59)21-44(57)43-8-6-7-9-47(43)71/h6-13,21,27-28,35,37,39-42,46,49,70-71H,14-20,22-26,29-31,57-59H2,1-5H3,(H,60,73)(H,63,72)(H,64,65)/b44-21-/t37?,39?,40?,41?,42-,46+,49-,56?/m1/s1. The lowest BCUT2D eigenvalue weighted by Crippen LogP contribution is -2.62. The number of nitrogens with one attached hydrogen (secondary N) is 3. The topological polar surface area (TPSA) is 261 Å². The number of anilines is 1. The highest BCUT2D eigenvalue weighted by molar-refractivity contribution is 5.93. The Labute approximate surface area is 434 Å². The molecule has 3 amide bonds. The zero-order valence-corrected chi connectivity index (χ0v) is 43.6. The monoisotopic (exact) mass is 1010 g/mol. The molecular weight excluding hydrogens is 935 g/mol. The number of aliphatic hydroxyl groups is 1. The van der Waals surface area contributed by atoms with Crippen molar-refractivity contribution in [2.75, 3.05) is 37.6 Å². The summed E-state index contributed by atoms with van der Waals surface area (Å²) < 4.78 is 0. The number of carbonyl (C=O) groups excluding carboxylic acids is 3. The first-order valence-electron chi connectivity index (χ1n) is 26.6. The molecule has 6 fully saturated rings. The van der Waals surface area contributed by atoms with E-state index in [2.05, 4.69) is 35.5 Å². The number of rotatable bonds is 13. The number of aliphatic hydroxyl groups excluding tert-OH is 1. The predicted molar refractivity (Wildman–Crippen MR) is 283 cm³/mol. The van der Waals surface area contributed by atoms with Crippen molar-refractivity contribution in [3.63, 3.8) is 0 Å². The number of carbonyl (C=O) groups is 3. The van der Waals surface area contributed by atoms with E-state index < -0.39 is 23.6 Å². The van der Waals surface area contributed by atoms with Crippen molar-refractivity contribution in [3.8, 4) is 16.9 Å². The minimum absolute atomic E-state index is 0.0362. The molecule has 18 heteroatoms. The molecule has 5 atom stereocenters. The zero-order valence-electron chi connectivity index (χ0n) is 43.6. The second-order valence-corrected chi connectivity index (χ2v) is 23.4. The number of para-hydroxylation sites is 1. The number of piperazine rings is 1. The highest BCUT2D eigenvalue weighted by atomic mass is 16.3. The number of aromatic nitrogens is 4. The van der Waals surface area contributed by atoms with E-state index in [0.717, 1.165) is 98.5 Å². The Kier molecular flexibility index (Phi) is 13.9. The molecule has 6 aliphatic rings. The molecule has 74 heavy (non-hydrogen) atoms. The van der Waals surface area contributed by atoms with Crippen LogP contribution in [0.25, 0.3) is 16.8 Å². The lowest BCUT2D eigenvalue weighted by molar-refractivity contribution is -0.150. The summed E-state index contributed by atoms with van der Waals surface area (Å²) in [5, 5.41) is 34.5. The van der Waals surface area contributed by atoms with Gasteiger partial charge in [0, 0.05) is 91.6 Å². The first-order chi connectivity index (χ1) is 35.3. The Morgan fingerprint density at radius 2 is 1.54 bits per heavy atom. The summed E-state index contributed by atoms with van der Waals surface area (Å²) in [7, 11) is 0. The number of amides is 3. The Hall–Kier alpha value is -6.66. The van der Waals surface area contributed by atoms with Gasteiger partial charge < -0.3 is 57.6 Å². The van der Waals surface area contributed by atoms with Crippen molar-refractivity contribution in [2.24, 2.45) is 33.9 Å². The summed E-state index contributed by atoms with van der Waals surface area (Å²) in [5.41, 5.74) is 26.1. The molecule has 10 rings (SSSR count). The van der Waals surface area contributed by atoms with E-state index in [4.69, 9.17) is 27.2 Å². The van der Waals surface area contributed by atoms with E-state index in [-0.39, 0.29) is 72.2 Å². The van der Waals surface area contributed by atoms with Crippen LogP contribution in [0.15, 0.2) is 78.5 Å². The molecule has 4 saturated heterocycles. The number of hydrogen-bond donors (Lipinski definition) is 8. The Morgan fingerprint density at radius 3 is 2.15 bits per heavy atom. The van der Waals surface area contributed by atoms with Crippen LogP contribution in [0.4, 0.5) is 5.95 Å². The fourth-order valence-electron chi connectivity index (χ4n) is 13.2. The lowest BCUT2D eigenvalue weighted by atomic mass is 9.49. The SMILES string of the molecule is Cc1n[nH]c(C)c1-c1ccc(CNC(=O)[C@@H]2C[C@@H](O)CN2C(=O)[C@@H](NC(=O)C2CC3(C2)CC(N2CCC(c4cnc(N5C6CCC5CN(C(/C=C(\N)c5ccccc5O)=C(N)N)C6)nc4)CC2)C3)C(C)(C)C)cc1. The molecule has 4 aliphatic heterocycles. The molecule has 2 aliphatic carbocycles. The third kappa shape index (κ3) is 10.1. The number of aryl methyl sites for hydroxylation is 2. The smallest absolute Gasteiger partial charge is 0.246 e. The van der Waals surface area contributed by atoms with Crippen LogP contribution in [0.2, 0.25) is 0 Å². The summed E-state index contributed by atoms with van der Waals surface area (Å²) in [6.45, 7) is 13.5. The van der Waals surface area contributed by atoms with Crippen LogP contribution < -0.4 is 32.7 Å². The van der Waals surface area contributed by atoms with E-state index in [1.807, 2.05) is 77.3 Å². The van der Waals surface area contributed by atoms with Crippen molar-refractivity contribution in [1.29, 1.82) is 0 Å². The second-order valence-electron chi connectivity index (χ2n) is 23.4. The number of aromatic amines is 1. The largest absolute Gasteiger partial charge is 0.507 e. The molecular formula is C56H75N13O5. The summed E-state index contributed by atoms with van der Waals surface area (Å²) >= 11 is 0. The van der Waals surface area contributed by atoms with E-state index >= 15 is 0 Å². The van der Waals surface area contributed by atoms with Gasteiger partial charge in [0.2, 0.25) is 23.7 Å². The van der Waals surface area contributed by atoms with Gasteiger partial charge >= 0.3 is 0 Å². The number of allylic oxidation sites excluding steroid dienone is 1. The number of phenols is 1. The third-order valence-corrected chi connectivity index (χ3v) is 17.2. The normalized spacial score (nSPS) is 26.6. The molecule has 11 N–H and O–H groups in total. The minimum atomic E-state index is -0.849. The first-order valence-corrected chi connectivity index (χ1v) is 26.6. The fraction of sp³-hybridized carbons (Fsp3) is 0.536. The third-order valence-electron chi connectivity index (χ3n) is 17.2. The van der Waals surface area contributed by atoms with Crippen LogP contribution in [0, 0.1) is 30.6 Å². The maximum absolute atomic E-state index is 14.3. The number of fused-ring (bicyclic) bond motifs is 2. The average molecular weight is 1010 g/mol. The van der Waals surface area contributed by atoms with Crippen LogP contribution in [-0.2, 0) is 20.9 Å². The number of likely N-dealkylation sites (tertiary alicyclic amines) is 3. The molecule has 0 radical (unpaired) electrons. The summed E-state index contributed by atoms with van der Waals surface area (Å²) in [4.78, 5) is 60.4. The summed E-state index contributed by atoms with van der Waals surface area (Å²) in [6.07, 6.45) is 13.0. The highest BCUT2D eigenvalue weighted by Gasteiger charge is 2.57. The van der Waals surface area contributed by atoms with E-state index in [1.165, 1.54) is 10.5 Å². The molecule has 1 spiro atoms. The van der Waals surface area contributed by atoms with Crippen LogP contribution in [0.3, 0.4) is 0 Å². The average Bonchev–Trinajstić information content (AvgIpc) is 4.01. The van der Waals surface area contributed by atoms with Crippen LogP contribution in [0.1, 0.15) is 113 Å². The number of phenolic OH excluding ortho intramolecular Hbond substituents is 1. The molecule has 2 aromatic carbocycles. The molecule has 2 bridgehead atoms. The van der Waals surface area contributed by atoms with Crippen LogP contribution >= 0.6 is 0 Å². The maximum Gasteiger partial charge on any atom is 0.246 e. The van der Waals surface area contributed by atoms with Gasteiger partial charge in [-0.1, -0.05) is 57.2 Å². The Balaban J connectivity index is 0.672. The molecule has 4 aromatic rings. The molecule has 2 saturated carbocycles. The van der Waals surface area contributed by atoms with Crippen molar-refractivity contribution in [1.82, 2.24) is 45.5 Å². The van der Waals surface area contributed by atoms with Gasteiger partial charge in [-0.05, 0) is 130 Å². The summed E-state index contributed by atoms with van der Waals surface area (Å²) in [6, 6.07) is 14.1. The van der Waals surface area contributed by atoms with Gasteiger partial charge in [0.15, 0.2) is 0 Å². The number of aromatic hydroxyl groups is 1. The second kappa shape index (κ2) is 20.2. The van der Waals surface area contributed by atoms with Crippen molar-refractivity contribution >= 4 is 29.4 Å². The molecule has 2 aromatic heterocycles. The summed E-state index contributed by atoms with van der Waals surface area (Å²) in [5.74, 6) is 0.512. The quantitative estimate of drug-likeness (QED) is 0.0860. The zero-order chi connectivity index (χ0) is 52.2. The number of H-pyrrole nitrogens is 1. The number of benzene rings is 2. The Morgan fingerprint density at radius 1 is 0.878 bits per heavy atom. The molecule has 18 nitrogen and oxygen atoms in total. The van der Waals surface area contributed by atoms with Crippen molar-refractivity contribution in [3.05, 3.63) is 107 Å². The van der Waals surface area contributed by atoms with Gasteiger partial charge in [0.1, 0.15) is 23.7 Å². The molecule has 2 unspecified atom stereocenters. The number of piperidine rings is 1. The number of nitrogens with two attached hydrogens (primary N) is 3.